The van der Waals surface area contributed by atoms with E-state index in [1.165, 1.54) is 6.26 Å². The maximum Gasteiger partial charge on any atom is 0.289 e. The van der Waals surface area contributed by atoms with Crippen LogP contribution in [0.2, 0.25) is 0 Å². The number of aromatic nitrogens is 2. The van der Waals surface area contributed by atoms with Crippen molar-refractivity contribution < 1.29 is 9.21 Å². The minimum absolute atomic E-state index is 0. The van der Waals surface area contributed by atoms with Crippen molar-refractivity contribution in [3.05, 3.63) is 54.7 Å². The number of imidazole rings is 1. The quantitative estimate of drug-likeness (QED) is 0.227. The SMILES string of the molecule is CCNC(=NCCCn1cnc2ccccc21)N1CCN(C(=O)c2ccco2)CC1.I. The molecule has 9 heteroatoms. The van der Waals surface area contributed by atoms with E-state index in [1.54, 1.807) is 12.1 Å². The van der Waals surface area contributed by atoms with Crippen LogP contribution >= 0.6 is 24.0 Å². The number of carbonyl (C=O) groups excluding carboxylic acids is 1. The average Bonchev–Trinajstić information content (AvgIpc) is 3.46. The number of furan rings is 1. The number of hydrogen-bond donors (Lipinski definition) is 1. The highest BCUT2D eigenvalue weighted by molar-refractivity contribution is 14.0. The van der Waals surface area contributed by atoms with E-state index in [-0.39, 0.29) is 29.9 Å². The van der Waals surface area contributed by atoms with Crippen LogP contribution in [0.1, 0.15) is 23.9 Å². The number of aryl methyl sites for hydroxylation is 1. The summed E-state index contributed by atoms with van der Waals surface area (Å²) in [6, 6.07) is 11.6. The number of rotatable bonds is 6. The zero-order valence-electron chi connectivity index (χ0n) is 17.7. The largest absolute Gasteiger partial charge is 0.459 e. The van der Waals surface area contributed by atoms with Crippen LogP contribution in [0.25, 0.3) is 11.0 Å². The van der Waals surface area contributed by atoms with Gasteiger partial charge in [0.15, 0.2) is 11.7 Å². The highest BCUT2D eigenvalue weighted by atomic mass is 127. The number of benzene rings is 1. The molecule has 8 nitrogen and oxygen atoms in total. The minimum Gasteiger partial charge on any atom is -0.459 e. The molecule has 0 bridgehead atoms. The van der Waals surface area contributed by atoms with E-state index in [1.807, 2.05) is 29.4 Å². The molecule has 31 heavy (non-hydrogen) atoms. The molecule has 0 unspecified atom stereocenters. The lowest BCUT2D eigenvalue weighted by atomic mass is 10.3. The molecule has 1 aromatic carbocycles. The highest BCUT2D eigenvalue weighted by Crippen LogP contribution is 2.12. The molecule has 1 amide bonds. The normalized spacial score (nSPS) is 14.5. The van der Waals surface area contributed by atoms with Crippen LogP contribution in [0, 0.1) is 0 Å². The van der Waals surface area contributed by atoms with Crippen LogP contribution in [0.5, 0.6) is 0 Å². The first-order chi connectivity index (χ1) is 14.8. The number of halogens is 1. The van der Waals surface area contributed by atoms with Crippen LogP contribution in [-0.4, -0.2) is 70.5 Å². The molecule has 0 radical (unpaired) electrons. The molecular formula is C22H29IN6O2. The molecule has 0 saturated carbocycles. The van der Waals surface area contributed by atoms with E-state index in [0.717, 1.165) is 56.1 Å². The fraction of sp³-hybridized carbons (Fsp3) is 0.409. The summed E-state index contributed by atoms with van der Waals surface area (Å²) < 4.78 is 7.41. The zero-order chi connectivity index (χ0) is 20.8. The summed E-state index contributed by atoms with van der Waals surface area (Å²) in [5.74, 6) is 1.27. The number of fused-ring (bicyclic) bond motifs is 1. The predicted octanol–water partition coefficient (Wildman–Crippen LogP) is 3.06. The molecule has 0 aliphatic carbocycles. The van der Waals surface area contributed by atoms with Crippen molar-refractivity contribution in [2.75, 3.05) is 39.3 Å². The number of amides is 1. The van der Waals surface area contributed by atoms with Gasteiger partial charge in [-0.1, -0.05) is 12.1 Å². The van der Waals surface area contributed by atoms with E-state index in [4.69, 9.17) is 9.41 Å². The molecule has 1 fully saturated rings. The third kappa shape index (κ3) is 5.57. The van der Waals surface area contributed by atoms with Gasteiger partial charge in [-0.25, -0.2) is 4.98 Å². The smallest absolute Gasteiger partial charge is 0.289 e. The summed E-state index contributed by atoms with van der Waals surface area (Å²) in [5, 5.41) is 3.38. The number of hydrogen-bond acceptors (Lipinski definition) is 4. The molecule has 3 heterocycles. The van der Waals surface area contributed by atoms with Crippen molar-refractivity contribution in [1.29, 1.82) is 0 Å². The van der Waals surface area contributed by atoms with Gasteiger partial charge in [-0.05, 0) is 37.6 Å². The summed E-state index contributed by atoms with van der Waals surface area (Å²) >= 11 is 0. The zero-order valence-corrected chi connectivity index (χ0v) is 20.1. The molecule has 0 atom stereocenters. The summed E-state index contributed by atoms with van der Waals surface area (Å²) in [4.78, 5) is 25.8. The fourth-order valence-corrected chi connectivity index (χ4v) is 3.72. The lowest BCUT2D eigenvalue weighted by Crippen LogP contribution is -2.53. The Morgan fingerprint density at radius 2 is 1.90 bits per heavy atom. The Morgan fingerprint density at radius 1 is 1.13 bits per heavy atom. The Hall–Kier alpha value is -2.56. The molecule has 1 saturated heterocycles. The number of guanidine groups is 1. The second kappa shape index (κ2) is 11.2. The van der Waals surface area contributed by atoms with E-state index in [9.17, 15) is 4.79 Å². The van der Waals surface area contributed by atoms with Crippen LogP contribution in [0.15, 0.2) is 58.4 Å². The summed E-state index contributed by atoms with van der Waals surface area (Å²) in [7, 11) is 0. The predicted molar refractivity (Wildman–Crippen MR) is 132 cm³/mol. The van der Waals surface area contributed by atoms with Gasteiger partial charge in [0.1, 0.15) is 0 Å². The molecule has 3 aromatic rings. The second-order valence-electron chi connectivity index (χ2n) is 7.27. The van der Waals surface area contributed by atoms with Gasteiger partial charge in [0, 0.05) is 45.8 Å². The van der Waals surface area contributed by atoms with Crippen molar-refractivity contribution >= 4 is 46.9 Å². The molecule has 1 aliphatic rings. The lowest BCUT2D eigenvalue weighted by molar-refractivity contribution is 0.0657. The molecule has 4 rings (SSSR count). The molecule has 2 aromatic heterocycles. The van der Waals surface area contributed by atoms with E-state index < -0.39 is 0 Å². The maximum absolute atomic E-state index is 12.4. The first-order valence-corrected chi connectivity index (χ1v) is 10.5. The Balaban J connectivity index is 0.00000272. The molecule has 1 aliphatic heterocycles. The summed E-state index contributed by atoms with van der Waals surface area (Å²) in [6.07, 6.45) is 4.37. The number of piperazine rings is 1. The topological polar surface area (TPSA) is 78.9 Å². The van der Waals surface area contributed by atoms with E-state index >= 15 is 0 Å². The molecular weight excluding hydrogens is 507 g/mol. The van der Waals surface area contributed by atoms with E-state index in [0.29, 0.717) is 18.8 Å². The van der Waals surface area contributed by atoms with E-state index in [2.05, 4.69) is 32.8 Å². The van der Waals surface area contributed by atoms with Gasteiger partial charge in [-0.15, -0.1) is 24.0 Å². The van der Waals surface area contributed by atoms with Gasteiger partial charge in [0.25, 0.3) is 5.91 Å². The highest BCUT2D eigenvalue weighted by Gasteiger charge is 2.25. The van der Waals surface area contributed by atoms with Crippen molar-refractivity contribution in [2.24, 2.45) is 4.99 Å². The first-order valence-electron chi connectivity index (χ1n) is 10.5. The third-order valence-corrected chi connectivity index (χ3v) is 5.28. The molecule has 0 spiro atoms. The van der Waals surface area contributed by atoms with Gasteiger partial charge in [0.2, 0.25) is 0 Å². The van der Waals surface area contributed by atoms with Gasteiger partial charge >= 0.3 is 0 Å². The van der Waals surface area contributed by atoms with Crippen molar-refractivity contribution in [1.82, 2.24) is 24.7 Å². The monoisotopic (exact) mass is 536 g/mol. The van der Waals surface area contributed by atoms with Crippen LogP contribution in [0.3, 0.4) is 0 Å². The molecule has 166 valence electrons. The number of aliphatic imine (C=N–C) groups is 1. The summed E-state index contributed by atoms with van der Waals surface area (Å²) in [5.41, 5.74) is 2.18. The Labute approximate surface area is 199 Å². The fourth-order valence-electron chi connectivity index (χ4n) is 3.72. The van der Waals surface area contributed by atoms with Gasteiger partial charge in [-0.3, -0.25) is 9.79 Å². The van der Waals surface area contributed by atoms with Crippen molar-refractivity contribution in [2.45, 2.75) is 19.9 Å². The van der Waals surface area contributed by atoms with Crippen molar-refractivity contribution in [3.63, 3.8) is 0 Å². The Morgan fingerprint density at radius 3 is 2.65 bits per heavy atom. The Kier molecular flexibility index (Phi) is 8.33. The molecule has 1 N–H and O–H groups in total. The first kappa shape index (κ1) is 23.1. The Bertz CT molecular complexity index is 993. The van der Waals surface area contributed by atoms with Gasteiger partial charge in [-0.2, -0.15) is 0 Å². The van der Waals surface area contributed by atoms with Crippen LogP contribution in [-0.2, 0) is 6.54 Å². The number of para-hydroxylation sites is 2. The number of nitrogens with one attached hydrogen (secondary N) is 1. The second-order valence-corrected chi connectivity index (χ2v) is 7.27. The number of carbonyl (C=O) groups is 1. The van der Waals surface area contributed by atoms with Crippen LogP contribution < -0.4 is 5.32 Å². The standard InChI is InChI=1S/C22H28N6O2.HI/c1-2-23-22(24-10-6-11-28-17-25-18-7-3-4-8-19(18)28)27-14-12-26(13-15-27)21(29)20-9-5-16-30-20;/h3-5,7-9,16-17H,2,6,10-15H2,1H3,(H,23,24);1H. The van der Waals surface area contributed by atoms with Crippen molar-refractivity contribution in [3.8, 4) is 0 Å². The van der Waals surface area contributed by atoms with Gasteiger partial charge < -0.3 is 24.1 Å². The maximum atomic E-state index is 12.4. The van der Waals surface area contributed by atoms with Gasteiger partial charge in [0.05, 0.1) is 23.6 Å². The third-order valence-electron chi connectivity index (χ3n) is 5.28. The van der Waals surface area contributed by atoms with Crippen LogP contribution in [0.4, 0.5) is 0 Å². The number of nitrogens with zero attached hydrogens (tertiary/aromatic N) is 5. The lowest BCUT2D eigenvalue weighted by Gasteiger charge is -2.36. The summed E-state index contributed by atoms with van der Waals surface area (Å²) in [6.45, 7) is 7.33. The average molecular weight is 536 g/mol. The minimum atomic E-state index is -0.0471.